The third kappa shape index (κ3) is 5.80. The van der Waals surface area contributed by atoms with Crippen LogP contribution in [0.2, 0.25) is 0 Å². The maximum atomic E-state index is 12.4. The van der Waals surface area contributed by atoms with Gasteiger partial charge in [0.05, 0.1) is 29.8 Å². The number of nitrogens with one attached hydrogen (secondary N) is 2. The van der Waals surface area contributed by atoms with Gasteiger partial charge in [-0.3, -0.25) is 14.9 Å². The van der Waals surface area contributed by atoms with Crippen LogP contribution in [0.4, 0.5) is 0 Å². The summed E-state index contributed by atoms with van der Waals surface area (Å²) in [4.78, 5) is 32.0. The van der Waals surface area contributed by atoms with Gasteiger partial charge in [0.25, 0.3) is 5.56 Å². The van der Waals surface area contributed by atoms with E-state index in [1.165, 1.54) is 0 Å². The number of imidazole rings is 1. The Hall–Kier alpha value is -3.01. The third-order valence-electron chi connectivity index (χ3n) is 6.24. The standard InChI is InChI=1S/C26H34N4O5/c1-15(2)35-26(33)23(17(4)31)27-11-18-5-6-22-21(10-18)29-24(20-9-16(3)25(32)28-12-20)30(22)13-19-7-8-34-14-19/h5-6,9-10,12,15,17,19,23,27,31H,7-8,11,13-14H2,1-4H3,(H,28,32)/t17-,19?,23+/m1/s1. The van der Waals surface area contributed by atoms with Gasteiger partial charge in [-0.25, -0.2) is 4.98 Å². The fourth-order valence-electron chi connectivity index (χ4n) is 4.39. The smallest absolute Gasteiger partial charge is 0.326 e. The van der Waals surface area contributed by atoms with Crippen LogP contribution in [0.15, 0.2) is 35.3 Å². The number of pyridine rings is 1. The van der Waals surface area contributed by atoms with E-state index in [0.29, 0.717) is 18.0 Å². The number of aliphatic hydroxyl groups excluding tert-OH is 1. The summed E-state index contributed by atoms with van der Waals surface area (Å²) in [6.07, 6.45) is 1.55. The molecule has 1 aliphatic heterocycles. The maximum Gasteiger partial charge on any atom is 0.326 e. The minimum absolute atomic E-state index is 0.113. The number of aromatic nitrogens is 3. The number of carbonyl (C=O) groups is 1. The zero-order valence-corrected chi connectivity index (χ0v) is 20.7. The molecule has 3 aromatic rings. The van der Waals surface area contributed by atoms with Crippen LogP contribution in [-0.4, -0.2) is 57.1 Å². The van der Waals surface area contributed by atoms with Crippen molar-refractivity contribution >= 4 is 17.0 Å². The van der Waals surface area contributed by atoms with E-state index in [1.54, 1.807) is 33.9 Å². The van der Waals surface area contributed by atoms with E-state index in [9.17, 15) is 14.7 Å². The number of nitrogens with zero attached hydrogens (tertiary/aromatic N) is 2. The Morgan fingerprint density at radius 1 is 1.34 bits per heavy atom. The number of carbonyl (C=O) groups excluding carboxylic acids is 1. The normalized spacial score (nSPS) is 17.7. The predicted octanol–water partition coefficient (Wildman–Crippen LogP) is 2.53. The van der Waals surface area contributed by atoms with Crippen molar-refractivity contribution in [2.45, 2.75) is 65.5 Å². The Morgan fingerprint density at radius 3 is 2.80 bits per heavy atom. The van der Waals surface area contributed by atoms with Crippen LogP contribution in [-0.2, 0) is 27.4 Å². The van der Waals surface area contributed by atoms with Crippen molar-refractivity contribution in [3.63, 3.8) is 0 Å². The summed E-state index contributed by atoms with van der Waals surface area (Å²) < 4.78 is 13.0. The van der Waals surface area contributed by atoms with E-state index in [0.717, 1.165) is 54.2 Å². The molecule has 0 aliphatic carbocycles. The van der Waals surface area contributed by atoms with Gasteiger partial charge in [0.15, 0.2) is 0 Å². The first-order chi connectivity index (χ1) is 16.7. The summed E-state index contributed by atoms with van der Waals surface area (Å²) in [5.41, 5.74) is 4.11. The molecule has 35 heavy (non-hydrogen) atoms. The van der Waals surface area contributed by atoms with Crippen LogP contribution in [0.1, 0.15) is 38.3 Å². The first kappa shape index (κ1) is 25.1. The van der Waals surface area contributed by atoms with Gasteiger partial charge in [-0.05, 0) is 57.9 Å². The van der Waals surface area contributed by atoms with E-state index >= 15 is 0 Å². The Kier molecular flexibility index (Phi) is 7.69. The quantitative estimate of drug-likeness (QED) is 0.401. The highest BCUT2D eigenvalue weighted by atomic mass is 16.5. The Balaban J connectivity index is 1.64. The predicted molar refractivity (Wildman–Crippen MR) is 133 cm³/mol. The molecule has 1 fully saturated rings. The number of hydrogen-bond acceptors (Lipinski definition) is 7. The number of hydrogen-bond donors (Lipinski definition) is 3. The molecule has 9 nitrogen and oxygen atoms in total. The molecule has 1 unspecified atom stereocenters. The molecule has 0 radical (unpaired) electrons. The average Bonchev–Trinajstić information content (AvgIpc) is 3.43. The van der Waals surface area contributed by atoms with Crippen molar-refractivity contribution in [3.05, 3.63) is 51.9 Å². The molecule has 188 valence electrons. The molecular weight excluding hydrogens is 448 g/mol. The topological polar surface area (TPSA) is 118 Å². The zero-order valence-electron chi connectivity index (χ0n) is 20.7. The summed E-state index contributed by atoms with van der Waals surface area (Å²) in [7, 11) is 0. The van der Waals surface area contributed by atoms with Crippen LogP contribution < -0.4 is 10.9 Å². The van der Waals surface area contributed by atoms with Gasteiger partial charge in [-0.1, -0.05) is 6.07 Å². The molecule has 1 aromatic carbocycles. The zero-order chi connectivity index (χ0) is 25.1. The van der Waals surface area contributed by atoms with Crippen LogP contribution in [0.5, 0.6) is 0 Å². The maximum absolute atomic E-state index is 12.4. The summed E-state index contributed by atoms with van der Waals surface area (Å²) >= 11 is 0. The molecule has 2 aromatic heterocycles. The Labute approximate surface area is 204 Å². The minimum atomic E-state index is -0.895. The molecule has 4 rings (SSSR count). The van der Waals surface area contributed by atoms with Crippen molar-refractivity contribution < 1.29 is 19.4 Å². The van der Waals surface area contributed by atoms with Crippen LogP contribution in [0.3, 0.4) is 0 Å². The van der Waals surface area contributed by atoms with Crippen LogP contribution >= 0.6 is 0 Å². The molecule has 3 heterocycles. The van der Waals surface area contributed by atoms with Gasteiger partial charge < -0.3 is 24.1 Å². The first-order valence-corrected chi connectivity index (χ1v) is 12.1. The summed E-state index contributed by atoms with van der Waals surface area (Å²) in [5.74, 6) is 0.712. The molecule has 9 heteroatoms. The van der Waals surface area contributed by atoms with Crippen LogP contribution in [0.25, 0.3) is 22.4 Å². The van der Waals surface area contributed by atoms with E-state index in [-0.39, 0.29) is 11.7 Å². The molecular formula is C26H34N4O5. The fraction of sp³-hybridized carbons (Fsp3) is 0.500. The van der Waals surface area contributed by atoms with E-state index < -0.39 is 18.1 Å². The lowest BCUT2D eigenvalue weighted by atomic mass is 10.1. The number of rotatable bonds is 9. The monoisotopic (exact) mass is 482 g/mol. The van der Waals surface area contributed by atoms with E-state index in [2.05, 4.69) is 14.9 Å². The molecule has 0 bridgehead atoms. The summed E-state index contributed by atoms with van der Waals surface area (Å²) in [6.45, 7) is 9.54. The number of benzene rings is 1. The molecule has 0 amide bonds. The van der Waals surface area contributed by atoms with Crippen molar-refractivity contribution in [3.8, 4) is 11.4 Å². The van der Waals surface area contributed by atoms with Gasteiger partial charge in [-0.15, -0.1) is 0 Å². The van der Waals surface area contributed by atoms with E-state index in [4.69, 9.17) is 14.5 Å². The molecule has 0 spiro atoms. The van der Waals surface area contributed by atoms with Crippen LogP contribution in [0, 0.1) is 12.8 Å². The number of aryl methyl sites for hydroxylation is 1. The first-order valence-electron chi connectivity index (χ1n) is 12.1. The van der Waals surface area contributed by atoms with Gasteiger partial charge in [0, 0.05) is 42.9 Å². The van der Waals surface area contributed by atoms with Crippen molar-refractivity contribution in [2.24, 2.45) is 5.92 Å². The van der Waals surface area contributed by atoms with E-state index in [1.807, 2.05) is 24.3 Å². The SMILES string of the molecule is Cc1cc(-c2nc3cc(CN[C@H](C(=O)OC(C)C)[C@@H](C)O)ccc3n2CC2CCOC2)c[nH]c1=O. The second-order valence-corrected chi connectivity index (χ2v) is 9.58. The summed E-state index contributed by atoms with van der Waals surface area (Å²) in [6, 6.07) is 7.04. The number of fused-ring (bicyclic) bond motifs is 1. The molecule has 3 N–H and O–H groups in total. The number of esters is 1. The highest BCUT2D eigenvalue weighted by Gasteiger charge is 2.26. The number of H-pyrrole nitrogens is 1. The minimum Gasteiger partial charge on any atom is -0.462 e. The van der Waals surface area contributed by atoms with Crippen molar-refractivity contribution in [1.82, 2.24) is 19.9 Å². The largest absolute Gasteiger partial charge is 0.462 e. The Morgan fingerprint density at radius 2 is 2.14 bits per heavy atom. The number of aromatic amines is 1. The molecule has 1 saturated heterocycles. The van der Waals surface area contributed by atoms with Gasteiger partial charge in [0.2, 0.25) is 0 Å². The second kappa shape index (κ2) is 10.7. The number of ether oxygens (including phenoxy) is 2. The highest BCUT2D eigenvalue weighted by Crippen LogP contribution is 2.28. The summed E-state index contributed by atoms with van der Waals surface area (Å²) in [5, 5.41) is 13.2. The van der Waals surface area contributed by atoms with Gasteiger partial charge >= 0.3 is 5.97 Å². The average molecular weight is 483 g/mol. The van der Waals surface area contributed by atoms with Gasteiger partial charge in [-0.2, -0.15) is 0 Å². The Bertz CT molecular complexity index is 1240. The molecule has 0 saturated carbocycles. The molecule has 1 aliphatic rings. The lowest BCUT2D eigenvalue weighted by Crippen LogP contribution is -2.46. The number of aliphatic hydroxyl groups is 1. The fourth-order valence-corrected chi connectivity index (χ4v) is 4.39. The third-order valence-corrected chi connectivity index (χ3v) is 6.24. The highest BCUT2D eigenvalue weighted by molar-refractivity contribution is 5.81. The van der Waals surface area contributed by atoms with Crippen molar-refractivity contribution in [1.29, 1.82) is 0 Å². The van der Waals surface area contributed by atoms with Crippen molar-refractivity contribution in [2.75, 3.05) is 13.2 Å². The lowest BCUT2D eigenvalue weighted by molar-refractivity contribution is -0.152. The second-order valence-electron chi connectivity index (χ2n) is 9.58. The lowest BCUT2D eigenvalue weighted by Gasteiger charge is -2.21. The van der Waals surface area contributed by atoms with Gasteiger partial charge in [0.1, 0.15) is 11.9 Å². The molecule has 3 atom stereocenters.